The second-order valence-corrected chi connectivity index (χ2v) is 5.22. The Labute approximate surface area is 116 Å². The van der Waals surface area contributed by atoms with E-state index in [1.165, 1.54) is 10.5 Å². The Balaban J connectivity index is 1.79. The van der Waals surface area contributed by atoms with E-state index in [-0.39, 0.29) is 0 Å². The molecule has 3 aromatic rings. The van der Waals surface area contributed by atoms with Gasteiger partial charge in [-0.3, -0.25) is 0 Å². The Bertz CT molecular complexity index is 579. The molecule has 0 saturated carbocycles. The van der Waals surface area contributed by atoms with Crippen LogP contribution in [-0.4, -0.2) is 15.0 Å². The summed E-state index contributed by atoms with van der Waals surface area (Å²) in [6, 6.07) is 20.5. The van der Waals surface area contributed by atoms with E-state index < -0.39 is 0 Å². The van der Waals surface area contributed by atoms with E-state index >= 15 is 0 Å². The van der Waals surface area contributed by atoms with Gasteiger partial charge in [0.05, 0.1) is 12.7 Å². The predicted octanol–water partition coefficient (Wildman–Crippen LogP) is 3.48. The van der Waals surface area contributed by atoms with Gasteiger partial charge >= 0.3 is 0 Å². The van der Waals surface area contributed by atoms with Crippen LogP contribution in [0.4, 0.5) is 0 Å². The molecule has 1 aromatic heterocycles. The molecule has 0 aliphatic heterocycles. The fraction of sp³-hybridized carbons (Fsp3) is 0.0667. The summed E-state index contributed by atoms with van der Waals surface area (Å²) >= 11 is 1.68. The molecule has 0 bridgehead atoms. The zero-order valence-electron chi connectivity index (χ0n) is 10.3. The molecule has 1 heterocycles. The van der Waals surface area contributed by atoms with Crippen molar-refractivity contribution in [1.82, 2.24) is 15.0 Å². The average molecular weight is 267 g/mol. The monoisotopic (exact) mass is 267 g/mol. The zero-order valence-corrected chi connectivity index (χ0v) is 11.1. The molecule has 3 rings (SSSR count). The van der Waals surface area contributed by atoms with Crippen molar-refractivity contribution in [3.63, 3.8) is 0 Å². The van der Waals surface area contributed by atoms with Gasteiger partial charge in [-0.05, 0) is 17.7 Å². The highest BCUT2D eigenvalue weighted by Crippen LogP contribution is 2.26. The van der Waals surface area contributed by atoms with Gasteiger partial charge in [0.15, 0.2) is 0 Å². The van der Waals surface area contributed by atoms with Crippen LogP contribution in [0.5, 0.6) is 0 Å². The molecule has 2 aromatic carbocycles. The third-order valence-electron chi connectivity index (χ3n) is 2.72. The van der Waals surface area contributed by atoms with Crippen LogP contribution in [0.25, 0.3) is 0 Å². The summed E-state index contributed by atoms with van der Waals surface area (Å²) in [4.78, 5) is 1.19. The summed E-state index contributed by atoms with van der Waals surface area (Å²) in [6.45, 7) is 0.746. The Morgan fingerprint density at radius 1 is 0.895 bits per heavy atom. The lowest BCUT2D eigenvalue weighted by molar-refractivity contribution is 0.604. The van der Waals surface area contributed by atoms with E-state index in [0.717, 1.165) is 11.6 Å². The summed E-state index contributed by atoms with van der Waals surface area (Å²) in [6.07, 6.45) is 1.81. The lowest BCUT2D eigenvalue weighted by Crippen LogP contribution is -2.03. The number of aromatic nitrogens is 3. The Kier molecular flexibility index (Phi) is 3.61. The van der Waals surface area contributed by atoms with Crippen molar-refractivity contribution < 1.29 is 0 Å². The molecule has 0 atom stereocenters. The predicted molar refractivity (Wildman–Crippen MR) is 76.1 cm³/mol. The Hall–Kier alpha value is -2.07. The van der Waals surface area contributed by atoms with Crippen LogP contribution in [0.15, 0.2) is 76.8 Å². The second kappa shape index (κ2) is 5.71. The normalized spacial score (nSPS) is 10.5. The van der Waals surface area contributed by atoms with E-state index in [4.69, 9.17) is 0 Å². The fourth-order valence-electron chi connectivity index (χ4n) is 1.80. The first-order valence-electron chi connectivity index (χ1n) is 6.07. The molecule has 4 heteroatoms. The van der Waals surface area contributed by atoms with E-state index in [9.17, 15) is 0 Å². The van der Waals surface area contributed by atoms with Crippen LogP contribution in [0.2, 0.25) is 0 Å². The first-order valence-corrected chi connectivity index (χ1v) is 6.89. The van der Waals surface area contributed by atoms with Gasteiger partial charge in [0.2, 0.25) is 0 Å². The van der Waals surface area contributed by atoms with Crippen molar-refractivity contribution in [3.05, 3.63) is 72.4 Å². The largest absolute Gasteiger partial charge is 0.234 e. The van der Waals surface area contributed by atoms with Gasteiger partial charge in [-0.2, -0.15) is 0 Å². The molecule has 0 aliphatic rings. The van der Waals surface area contributed by atoms with Gasteiger partial charge < -0.3 is 0 Å². The average Bonchev–Trinajstić information content (AvgIpc) is 2.88. The van der Waals surface area contributed by atoms with Crippen molar-refractivity contribution in [2.45, 2.75) is 16.5 Å². The summed E-state index contributed by atoms with van der Waals surface area (Å²) in [7, 11) is 0. The molecule has 19 heavy (non-hydrogen) atoms. The maximum absolute atomic E-state index is 4.15. The van der Waals surface area contributed by atoms with Gasteiger partial charge in [-0.15, -0.1) is 5.10 Å². The lowest BCUT2D eigenvalue weighted by Gasteiger charge is -2.05. The van der Waals surface area contributed by atoms with Gasteiger partial charge in [-0.25, -0.2) is 4.68 Å². The fourth-order valence-corrected chi connectivity index (χ4v) is 2.64. The van der Waals surface area contributed by atoms with Crippen LogP contribution < -0.4 is 0 Å². The lowest BCUT2D eigenvalue weighted by atomic mass is 10.2. The molecule has 94 valence electrons. The SMILES string of the molecule is c1ccc(Cn2nncc2Sc2ccccc2)cc1. The van der Waals surface area contributed by atoms with Crippen LogP contribution in [0.1, 0.15) is 5.56 Å². The van der Waals surface area contributed by atoms with E-state index in [0.29, 0.717) is 0 Å². The van der Waals surface area contributed by atoms with Crippen LogP contribution in [0, 0.1) is 0 Å². The third kappa shape index (κ3) is 3.03. The van der Waals surface area contributed by atoms with Crippen LogP contribution >= 0.6 is 11.8 Å². The number of nitrogens with zero attached hydrogens (tertiary/aromatic N) is 3. The van der Waals surface area contributed by atoms with Crippen molar-refractivity contribution in [2.24, 2.45) is 0 Å². The van der Waals surface area contributed by atoms with Crippen molar-refractivity contribution in [2.75, 3.05) is 0 Å². The number of hydrogen-bond acceptors (Lipinski definition) is 3. The number of rotatable bonds is 4. The first-order chi connectivity index (χ1) is 9.42. The molecule has 0 radical (unpaired) electrons. The summed E-state index contributed by atoms with van der Waals surface area (Å²) in [5.74, 6) is 0. The molecule has 0 aliphatic carbocycles. The molecule has 3 nitrogen and oxygen atoms in total. The summed E-state index contributed by atoms with van der Waals surface area (Å²) < 4.78 is 1.92. The highest BCUT2D eigenvalue weighted by molar-refractivity contribution is 7.99. The second-order valence-electron chi connectivity index (χ2n) is 4.13. The molecular formula is C15H13N3S. The highest BCUT2D eigenvalue weighted by atomic mass is 32.2. The standard InChI is InChI=1S/C15H13N3S/c1-3-7-13(8-4-1)12-18-15(11-16-17-18)19-14-9-5-2-6-10-14/h1-11H,12H2. The minimum absolute atomic E-state index is 0.746. The first kappa shape index (κ1) is 12.0. The van der Waals surface area contributed by atoms with Crippen molar-refractivity contribution in [1.29, 1.82) is 0 Å². The van der Waals surface area contributed by atoms with E-state index in [1.54, 1.807) is 18.0 Å². The molecule has 0 fully saturated rings. The third-order valence-corrected chi connectivity index (χ3v) is 3.76. The summed E-state index contributed by atoms with van der Waals surface area (Å²) in [5.41, 5.74) is 1.22. The van der Waals surface area contributed by atoms with Gasteiger partial charge in [0.1, 0.15) is 5.03 Å². The quantitative estimate of drug-likeness (QED) is 0.725. The van der Waals surface area contributed by atoms with Crippen LogP contribution in [-0.2, 0) is 6.54 Å². The minimum Gasteiger partial charge on any atom is -0.234 e. The Morgan fingerprint density at radius 3 is 2.32 bits per heavy atom. The van der Waals surface area contributed by atoms with Gasteiger partial charge in [-0.1, -0.05) is 65.5 Å². The van der Waals surface area contributed by atoms with Gasteiger partial charge in [0, 0.05) is 4.90 Å². The number of hydrogen-bond donors (Lipinski definition) is 0. The molecule has 0 saturated heterocycles. The summed E-state index contributed by atoms with van der Waals surface area (Å²) in [5, 5.41) is 9.21. The maximum Gasteiger partial charge on any atom is 0.119 e. The van der Waals surface area contributed by atoms with Crippen molar-refractivity contribution >= 4 is 11.8 Å². The highest BCUT2D eigenvalue weighted by Gasteiger charge is 2.06. The topological polar surface area (TPSA) is 30.7 Å². The Morgan fingerprint density at radius 2 is 1.58 bits per heavy atom. The van der Waals surface area contributed by atoms with E-state index in [2.05, 4.69) is 34.6 Å². The smallest absolute Gasteiger partial charge is 0.119 e. The molecule has 0 spiro atoms. The number of benzene rings is 2. The molecule has 0 amide bonds. The van der Waals surface area contributed by atoms with Gasteiger partial charge in [0.25, 0.3) is 0 Å². The zero-order chi connectivity index (χ0) is 12.9. The maximum atomic E-state index is 4.15. The molecule has 0 unspecified atom stereocenters. The molecule has 0 N–H and O–H groups in total. The van der Waals surface area contributed by atoms with Crippen LogP contribution in [0.3, 0.4) is 0 Å². The minimum atomic E-state index is 0.746. The van der Waals surface area contributed by atoms with E-state index in [1.807, 2.05) is 41.1 Å². The van der Waals surface area contributed by atoms with Crippen molar-refractivity contribution in [3.8, 4) is 0 Å². The molecular weight excluding hydrogens is 254 g/mol.